The Hall–Kier alpha value is -3.12. The first-order valence-electron chi connectivity index (χ1n) is 12.6. The van der Waals surface area contributed by atoms with Crippen molar-refractivity contribution in [3.8, 4) is 0 Å². The molecule has 0 radical (unpaired) electrons. The molecule has 4 nitrogen and oxygen atoms in total. The number of amides is 2. The lowest BCUT2D eigenvalue weighted by Gasteiger charge is -2.34. The molecule has 3 rings (SSSR count). The van der Waals surface area contributed by atoms with Crippen molar-refractivity contribution in [3.63, 3.8) is 0 Å². The highest BCUT2D eigenvalue weighted by atomic mass is 32.2. The Balaban J connectivity index is 1.88. The van der Waals surface area contributed by atoms with E-state index in [1.165, 1.54) is 29.0 Å². The van der Waals surface area contributed by atoms with Gasteiger partial charge in [0.25, 0.3) is 0 Å². The third-order valence-corrected chi connectivity index (χ3v) is 6.83. The smallest absolute Gasteiger partial charge is 0.243 e. The van der Waals surface area contributed by atoms with Gasteiger partial charge in [0, 0.05) is 29.8 Å². The van der Waals surface area contributed by atoms with Crippen molar-refractivity contribution < 1.29 is 14.0 Å². The molecule has 0 aliphatic rings. The number of benzene rings is 3. The summed E-state index contributed by atoms with van der Waals surface area (Å²) in [6.45, 7) is 9.87. The average molecular weight is 521 g/mol. The van der Waals surface area contributed by atoms with Crippen molar-refractivity contribution in [1.82, 2.24) is 10.2 Å². The lowest BCUT2D eigenvalue weighted by atomic mass is 10.0. The Morgan fingerprint density at radius 1 is 0.919 bits per heavy atom. The molecule has 6 heteroatoms. The molecule has 0 spiro atoms. The van der Waals surface area contributed by atoms with Crippen LogP contribution in [0.25, 0.3) is 0 Å². The molecule has 0 saturated heterocycles. The van der Waals surface area contributed by atoms with Crippen LogP contribution in [0.5, 0.6) is 0 Å². The maximum Gasteiger partial charge on any atom is 0.243 e. The molecule has 0 aromatic heterocycles. The summed E-state index contributed by atoms with van der Waals surface area (Å²) < 4.78 is 14.7. The molecule has 1 atom stereocenters. The topological polar surface area (TPSA) is 49.4 Å². The van der Waals surface area contributed by atoms with Crippen LogP contribution in [-0.4, -0.2) is 34.0 Å². The molecular formula is C31H37FN2O2S. The predicted molar refractivity (Wildman–Crippen MR) is 151 cm³/mol. The maximum absolute atomic E-state index is 14.7. The van der Waals surface area contributed by atoms with E-state index in [4.69, 9.17) is 0 Å². The monoisotopic (exact) mass is 520 g/mol. The molecule has 3 aromatic rings. The van der Waals surface area contributed by atoms with Gasteiger partial charge < -0.3 is 10.2 Å². The number of hydrogen-bond donors (Lipinski definition) is 1. The van der Waals surface area contributed by atoms with Crippen LogP contribution in [0, 0.1) is 19.7 Å². The van der Waals surface area contributed by atoms with E-state index in [0.29, 0.717) is 17.7 Å². The molecule has 0 aliphatic carbocycles. The summed E-state index contributed by atoms with van der Waals surface area (Å²) in [6, 6.07) is 21.6. The minimum Gasteiger partial charge on any atom is -0.350 e. The van der Waals surface area contributed by atoms with E-state index in [-0.39, 0.29) is 24.1 Å². The number of halogens is 1. The van der Waals surface area contributed by atoms with Crippen molar-refractivity contribution in [2.45, 2.75) is 64.9 Å². The van der Waals surface area contributed by atoms with Gasteiger partial charge in [-0.15, -0.1) is 11.8 Å². The van der Waals surface area contributed by atoms with E-state index in [0.717, 1.165) is 11.1 Å². The van der Waals surface area contributed by atoms with Gasteiger partial charge >= 0.3 is 0 Å². The normalized spacial score (nSPS) is 12.2. The molecule has 0 unspecified atom stereocenters. The molecule has 0 heterocycles. The van der Waals surface area contributed by atoms with Gasteiger partial charge in [-0.1, -0.05) is 77.9 Å². The highest BCUT2D eigenvalue weighted by molar-refractivity contribution is 7.99. The van der Waals surface area contributed by atoms with Gasteiger partial charge in [-0.05, 0) is 51.8 Å². The number of thioether (sulfide) groups is 1. The van der Waals surface area contributed by atoms with Crippen LogP contribution >= 0.6 is 11.8 Å². The maximum atomic E-state index is 14.7. The number of hydrogen-bond acceptors (Lipinski definition) is 3. The Morgan fingerprint density at radius 2 is 1.54 bits per heavy atom. The molecule has 37 heavy (non-hydrogen) atoms. The minimum absolute atomic E-state index is 0.0185. The lowest BCUT2D eigenvalue weighted by Crippen LogP contribution is -2.54. The van der Waals surface area contributed by atoms with Crippen molar-refractivity contribution in [2.75, 3.05) is 5.75 Å². The third kappa shape index (κ3) is 9.04. The SMILES string of the molecule is Cc1cc(C)cc(CSCC(=O)N(Cc2ccccc2F)[C@H](Cc2ccccc2)C(=O)NC(C)(C)C)c1. The first kappa shape index (κ1) is 28.5. The number of nitrogens with one attached hydrogen (secondary N) is 1. The van der Waals surface area contributed by atoms with Crippen LogP contribution in [0.3, 0.4) is 0 Å². The third-order valence-electron chi connectivity index (χ3n) is 5.84. The second-order valence-corrected chi connectivity index (χ2v) is 11.5. The second kappa shape index (κ2) is 12.9. The van der Waals surface area contributed by atoms with Crippen molar-refractivity contribution in [2.24, 2.45) is 0 Å². The fraction of sp³-hybridized carbons (Fsp3) is 0.355. The van der Waals surface area contributed by atoms with E-state index in [9.17, 15) is 14.0 Å². The van der Waals surface area contributed by atoms with E-state index in [1.807, 2.05) is 51.1 Å². The summed E-state index contributed by atoms with van der Waals surface area (Å²) in [7, 11) is 0. The highest BCUT2D eigenvalue weighted by Gasteiger charge is 2.32. The second-order valence-electron chi connectivity index (χ2n) is 10.5. The van der Waals surface area contributed by atoms with Gasteiger partial charge in [0.1, 0.15) is 11.9 Å². The van der Waals surface area contributed by atoms with Crippen LogP contribution in [0.2, 0.25) is 0 Å². The summed E-state index contributed by atoms with van der Waals surface area (Å²) >= 11 is 1.51. The molecule has 2 amide bonds. The zero-order valence-corrected chi connectivity index (χ0v) is 23.2. The summed E-state index contributed by atoms with van der Waals surface area (Å²) in [5.74, 6) is 0.0374. The van der Waals surface area contributed by atoms with Crippen LogP contribution < -0.4 is 5.32 Å². The number of aryl methyl sites for hydroxylation is 2. The summed E-state index contributed by atoms with van der Waals surface area (Å²) in [5.41, 5.74) is 4.37. The van der Waals surface area contributed by atoms with Crippen LogP contribution in [-0.2, 0) is 28.3 Å². The number of carbonyl (C=O) groups excluding carboxylic acids is 2. The van der Waals surface area contributed by atoms with E-state index in [1.54, 1.807) is 23.1 Å². The zero-order valence-electron chi connectivity index (χ0n) is 22.4. The Labute approximate surface area is 224 Å². The molecule has 0 aliphatic heterocycles. The van der Waals surface area contributed by atoms with Gasteiger partial charge in [0.15, 0.2) is 0 Å². The van der Waals surface area contributed by atoms with Crippen LogP contribution in [0.4, 0.5) is 4.39 Å². The van der Waals surface area contributed by atoms with Crippen LogP contribution in [0.1, 0.15) is 48.6 Å². The Bertz CT molecular complexity index is 1190. The first-order chi connectivity index (χ1) is 17.5. The van der Waals surface area contributed by atoms with E-state index in [2.05, 4.69) is 37.4 Å². The fourth-order valence-corrected chi connectivity index (χ4v) is 5.15. The van der Waals surface area contributed by atoms with Gasteiger partial charge in [0.05, 0.1) is 5.75 Å². The number of nitrogens with zero attached hydrogens (tertiary/aromatic N) is 1. The average Bonchev–Trinajstić information content (AvgIpc) is 2.81. The fourth-order valence-electron chi connectivity index (χ4n) is 4.31. The minimum atomic E-state index is -0.782. The van der Waals surface area contributed by atoms with Crippen molar-refractivity contribution in [3.05, 3.63) is 106 Å². The molecule has 0 saturated carbocycles. The molecule has 0 fully saturated rings. The van der Waals surface area contributed by atoms with Crippen molar-refractivity contribution in [1.29, 1.82) is 0 Å². The zero-order chi connectivity index (χ0) is 27.0. The lowest BCUT2D eigenvalue weighted by molar-refractivity contribution is -0.140. The van der Waals surface area contributed by atoms with E-state index >= 15 is 0 Å². The molecular weight excluding hydrogens is 483 g/mol. The van der Waals surface area contributed by atoms with Gasteiger partial charge in [-0.25, -0.2) is 4.39 Å². The predicted octanol–water partition coefficient (Wildman–Crippen LogP) is 6.23. The van der Waals surface area contributed by atoms with Crippen molar-refractivity contribution >= 4 is 23.6 Å². The van der Waals surface area contributed by atoms with Crippen LogP contribution in [0.15, 0.2) is 72.8 Å². The number of carbonyl (C=O) groups is 2. The molecule has 3 aromatic carbocycles. The van der Waals surface area contributed by atoms with Gasteiger partial charge in [0.2, 0.25) is 11.8 Å². The molecule has 196 valence electrons. The quantitative estimate of drug-likeness (QED) is 0.345. The summed E-state index contributed by atoms with van der Waals surface area (Å²) in [5, 5.41) is 3.04. The Morgan fingerprint density at radius 3 is 2.16 bits per heavy atom. The van der Waals surface area contributed by atoms with Gasteiger partial charge in [-0.3, -0.25) is 9.59 Å². The largest absolute Gasteiger partial charge is 0.350 e. The highest BCUT2D eigenvalue weighted by Crippen LogP contribution is 2.21. The number of rotatable bonds is 10. The summed E-state index contributed by atoms with van der Waals surface area (Å²) in [4.78, 5) is 28.8. The van der Waals surface area contributed by atoms with E-state index < -0.39 is 17.4 Å². The molecule has 1 N–H and O–H groups in total. The Kier molecular flexibility index (Phi) is 9.93. The first-order valence-corrected chi connectivity index (χ1v) is 13.7. The van der Waals surface area contributed by atoms with Gasteiger partial charge in [-0.2, -0.15) is 0 Å². The summed E-state index contributed by atoms with van der Waals surface area (Å²) in [6.07, 6.45) is 0.338. The standard InChI is InChI=1S/C31H37FN2O2S/c1-22-15-23(2)17-25(16-22)20-37-21-29(35)34(19-26-13-9-10-14-27(26)32)28(30(36)33-31(3,4)5)18-24-11-7-6-8-12-24/h6-17,28H,18-21H2,1-5H3,(H,33,36)/t28-/m1/s1. The molecule has 0 bridgehead atoms.